The third kappa shape index (κ3) is 3.72. The van der Waals surface area contributed by atoms with Gasteiger partial charge in [-0.25, -0.2) is 0 Å². The standard InChI is InChI=1S/C18H24N2O3/c1-13-10-20(11-14(2)23-13)18(22)16-7-5-15(6-8-16)12-19-9-3-4-17(19)21/h5-8,13-14H,3-4,9-12H2,1-2H3/t13-,14-/m0/s1. The molecule has 2 atom stereocenters. The van der Waals surface area contributed by atoms with E-state index in [0.717, 1.165) is 18.5 Å². The lowest BCUT2D eigenvalue weighted by Gasteiger charge is -2.35. The first-order valence-electron chi connectivity index (χ1n) is 8.34. The second kappa shape index (κ2) is 6.71. The molecule has 0 saturated carbocycles. The summed E-state index contributed by atoms with van der Waals surface area (Å²) in [5.74, 6) is 0.275. The van der Waals surface area contributed by atoms with Crippen molar-refractivity contribution in [1.82, 2.24) is 9.80 Å². The summed E-state index contributed by atoms with van der Waals surface area (Å²) in [5.41, 5.74) is 1.77. The molecule has 2 saturated heterocycles. The second-order valence-corrected chi connectivity index (χ2v) is 6.58. The summed E-state index contributed by atoms with van der Waals surface area (Å²) < 4.78 is 5.67. The van der Waals surface area contributed by atoms with Crippen LogP contribution < -0.4 is 0 Å². The lowest BCUT2D eigenvalue weighted by atomic mass is 10.1. The maximum Gasteiger partial charge on any atom is 0.254 e. The van der Waals surface area contributed by atoms with Crippen molar-refractivity contribution in [3.8, 4) is 0 Å². The maximum absolute atomic E-state index is 12.6. The molecule has 23 heavy (non-hydrogen) atoms. The van der Waals surface area contributed by atoms with E-state index in [1.54, 1.807) is 0 Å². The predicted octanol–water partition coefficient (Wildman–Crippen LogP) is 2.06. The molecule has 5 heteroatoms. The molecule has 2 amide bonds. The SMILES string of the molecule is C[C@H]1CN(C(=O)c2ccc(CN3CCCC3=O)cc2)C[C@H](C)O1. The molecule has 124 valence electrons. The van der Waals surface area contributed by atoms with Crippen molar-refractivity contribution in [2.75, 3.05) is 19.6 Å². The Labute approximate surface area is 137 Å². The van der Waals surface area contributed by atoms with Gasteiger partial charge in [-0.15, -0.1) is 0 Å². The number of carbonyl (C=O) groups is 2. The van der Waals surface area contributed by atoms with Crippen LogP contribution in [0.2, 0.25) is 0 Å². The second-order valence-electron chi connectivity index (χ2n) is 6.58. The molecule has 0 bridgehead atoms. The van der Waals surface area contributed by atoms with Crippen molar-refractivity contribution in [1.29, 1.82) is 0 Å². The van der Waals surface area contributed by atoms with Crippen molar-refractivity contribution in [3.63, 3.8) is 0 Å². The molecule has 1 aromatic carbocycles. The molecule has 0 aliphatic carbocycles. The van der Waals surface area contributed by atoms with Gasteiger partial charge in [0.1, 0.15) is 0 Å². The van der Waals surface area contributed by atoms with Gasteiger partial charge in [0.05, 0.1) is 12.2 Å². The van der Waals surface area contributed by atoms with E-state index < -0.39 is 0 Å². The van der Waals surface area contributed by atoms with Crippen LogP contribution in [-0.4, -0.2) is 53.5 Å². The van der Waals surface area contributed by atoms with E-state index in [0.29, 0.717) is 31.6 Å². The Morgan fingerprint density at radius 3 is 2.39 bits per heavy atom. The minimum Gasteiger partial charge on any atom is -0.372 e. The van der Waals surface area contributed by atoms with Gasteiger partial charge < -0.3 is 14.5 Å². The Morgan fingerprint density at radius 1 is 1.17 bits per heavy atom. The summed E-state index contributed by atoms with van der Waals surface area (Å²) in [7, 11) is 0. The quantitative estimate of drug-likeness (QED) is 0.857. The van der Waals surface area contributed by atoms with Gasteiger partial charge in [0, 0.05) is 38.2 Å². The first-order chi connectivity index (χ1) is 11.0. The van der Waals surface area contributed by atoms with E-state index in [-0.39, 0.29) is 24.0 Å². The Morgan fingerprint density at radius 2 is 1.83 bits per heavy atom. The van der Waals surface area contributed by atoms with Crippen LogP contribution in [0.3, 0.4) is 0 Å². The molecule has 1 aromatic rings. The number of likely N-dealkylation sites (tertiary alicyclic amines) is 1. The zero-order chi connectivity index (χ0) is 16.4. The van der Waals surface area contributed by atoms with E-state index in [2.05, 4.69) is 0 Å². The average Bonchev–Trinajstić information content (AvgIpc) is 2.91. The molecular formula is C18H24N2O3. The van der Waals surface area contributed by atoms with Crippen molar-refractivity contribution >= 4 is 11.8 Å². The van der Waals surface area contributed by atoms with Gasteiger partial charge in [0.2, 0.25) is 5.91 Å². The van der Waals surface area contributed by atoms with Gasteiger partial charge in [-0.1, -0.05) is 12.1 Å². The van der Waals surface area contributed by atoms with Crippen LogP contribution in [0, 0.1) is 0 Å². The van der Waals surface area contributed by atoms with E-state index in [9.17, 15) is 9.59 Å². The van der Waals surface area contributed by atoms with E-state index >= 15 is 0 Å². The molecule has 2 fully saturated rings. The molecule has 0 spiro atoms. The monoisotopic (exact) mass is 316 g/mol. The van der Waals surface area contributed by atoms with Gasteiger partial charge in [-0.3, -0.25) is 9.59 Å². The lowest BCUT2D eigenvalue weighted by molar-refractivity contribution is -0.128. The summed E-state index contributed by atoms with van der Waals surface area (Å²) in [6.07, 6.45) is 1.75. The van der Waals surface area contributed by atoms with Crippen LogP contribution >= 0.6 is 0 Å². The van der Waals surface area contributed by atoms with Crippen LogP contribution in [0.5, 0.6) is 0 Å². The van der Waals surface area contributed by atoms with E-state index in [4.69, 9.17) is 4.74 Å². The fourth-order valence-electron chi connectivity index (χ4n) is 3.37. The number of hydrogen-bond donors (Lipinski definition) is 0. The zero-order valence-corrected chi connectivity index (χ0v) is 13.8. The van der Waals surface area contributed by atoms with Crippen LogP contribution in [0.15, 0.2) is 24.3 Å². The smallest absolute Gasteiger partial charge is 0.254 e. The van der Waals surface area contributed by atoms with Gasteiger partial charge in [-0.05, 0) is 38.0 Å². The third-order valence-corrected chi connectivity index (χ3v) is 4.45. The van der Waals surface area contributed by atoms with Crippen molar-refractivity contribution in [2.45, 2.75) is 45.4 Å². The zero-order valence-electron chi connectivity index (χ0n) is 13.8. The number of morpholine rings is 1. The Bertz CT molecular complexity index is 574. The number of ether oxygens (including phenoxy) is 1. The van der Waals surface area contributed by atoms with Crippen LogP contribution in [0.4, 0.5) is 0 Å². The number of carbonyl (C=O) groups excluding carboxylic acids is 2. The highest BCUT2D eigenvalue weighted by Crippen LogP contribution is 2.17. The summed E-state index contributed by atoms with van der Waals surface area (Å²) in [4.78, 5) is 28.0. The molecule has 2 aliphatic rings. The molecular weight excluding hydrogens is 292 g/mol. The summed E-state index contributed by atoms with van der Waals surface area (Å²) in [6.45, 7) is 6.72. The largest absolute Gasteiger partial charge is 0.372 e. The molecule has 2 heterocycles. The van der Waals surface area contributed by atoms with Crippen molar-refractivity contribution < 1.29 is 14.3 Å². The topological polar surface area (TPSA) is 49.9 Å². The Hall–Kier alpha value is -1.88. The molecule has 0 aromatic heterocycles. The van der Waals surface area contributed by atoms with E-state index in [1.165, 1.54) is 0 Å². The number of rotatable bonds is 3. The summed E-state index contributed by atoms with van der Waals surface area (Å²) in [6, 6.07) is 7.63. The Balaban J connectivity index is 1.64. The fraction of sp³-hybridized carbons (Fsp3) is 0.556. The lowest BCUT2D eigenvalue weighted by Crippen LogP contribution is -2.48. The Kier molecular flexibility index (Phi) is 4.66. The number of nitrogens with zero attached hydrogens (tertiary/aromatic N) is 2. The fourth-order valence-corrected chi connectivity index (χ4v) is 3.37. The van der Waals surface area contributed by atoms with Crippen LogP contribution in [0.25, 0.3) is 0 Å². The first-order valence-corrected chi connectivity index (χ1v) is 8.34. The molecule has 0 N–H and O–H groups in total. The molecule has 2 aliphatic heterocycles. The number of benzene rings is 1. The van der Waals surface area contributed by atoms with E-state index in [1.807, 2.05) is 47.9 Å². The summed E-state index contributed by atoms with van der Waals surface area (Å²) in [5, 5.41) is 0. The highest BCUT2D eigenvalue weighted by molar-refractivity contribution is 5.94. The first kappa shape index (κ1) is 16.0. The van der Waals surface area contributed by atoms with Crippen LogP contribution in [0.1, 0.15) is 42.6 Å². The van der Waals surface area contributed by atoms with Gasteiger partial charge in [0.15, 0.2) is 0 Å². The number of hydrogen-bond acceptors (Lipinski definition) is 3. The number of amides is 2. The maximum atomic E-state index is 12.6. The minimum atomic E-state index is 0.0517. The molecule has 5 nitrogen and oxygen atoms in total. The summed E-state index contributed by atoms with van der Waals surface area (Å²) >= 11 is 0. The van der Waals surface area contributed by atoms with Gasteiger partial charge >= 0.3 is 0 Å². The van der Waals surface area contributed by atoms with Gasteiger partial charge in [0.25, 0.3) is 5.91 Å². The highest BCUT2D eigenvalue weighted by atomic mass is 16.5. The van der Waals surface area contributed by atoms with Crippen molar-refractivity contribution in [3.05, 3.63) is 35.4 Å². The molecule has 3 rings (SSSR count). The van der Waals surface area contributed by atoms with Gasteiger partial charge in [-0.2, -0.15) is 0 Å². The molecule has 0 unspecified atom stereocenters. The molecule has 0 radical (unpaired) electrons. The predicted molar refractivity (Wildman–Crippen MR) is 87.0 cm³/mol. The third-order valence-electron chi connectivity index (χ3n) is 4.45. The minimum absolute atomic E-state index is 0.0517. The normalized spacial score (nSPS) is 25.0. The van der Waals surface area contributed by atoms with Crippen LogP contribution in [-0.2, 0) is 16.1 Å². The highest BCUT2D eigenvalue weighted by Gasteiger charge is 2.26. The average molecular weight is 316 g/mol. The van der Waals surface area contributed by atoms with Crippen molar-refractivity contribution in [2.24, 2.45) is 0 Å².